The summed E-state index contributed by atoms with van der Waals surface area (Å²) in [7, 11) is 2.10. The number of hydrogen-bond donors (Lipinski definition) is 1. The van der Waals surface area contributed by atoms with Crippen LogP contribution in [0.25, 0.3) is 0 Å². The monoisotopic (exact) mass is 376 g/mol. The number of nitrogens with zero attached hydrogens (tertiary/aromatic N) is 3. The van der Waals surface area contributed by atoms with Gasteiger partial charge in [-0.3, -0.25) is 0 Å². The summed E-state index contributed by atoms with van der Waals surface area (Å²) < 4.78 is 6.89. The third-order valence-electron chi connectivity index (χ3n) is 3.13. The number of rotatable bonds is 4. The summed E-state index contributed by atoms with van der Waals surface area (Å²) in [6, 6.07) is 0. The number of halogens is 1. The van der Waals surface area contributed by atoms with Crippen molar-refractivity contribution in [3.05, 3.63) is 15.1 Å². The first kappa shape index (κ1) is 14.9. The maximum absolute atomic E-state index is 5.79. The van der Waals surface area contributed by atoms with Crippen molar-refractivity contribution in [3.63, 3.8) is 0 Å². The highest BCUT2D eigenvalue weighted by molar-refractivity contribution is 14.1. The van der Waals surface area contributed by atoms with Crippen molar-refractivity contribution >= 4 is 28.4 Å². The molecule has 0 aromatic carbocycles. The van der Waals surface area contributed by atoms with Gasteiger partial charge in [-0.15, -0.1) is 0 Å². The Balaban J connectivity index is 2.22. The number of aromatic nitrogens is 2. The maximum Gasteiger partial charge on any atom is 0.161 e. The Morgan fingerprint density at radius 3 is 2.95 bits per heavy atom. The predicted octanol–water partition coefficient (Wildman–Crippen LogP) is 2.21. The molecule has 1 aliphatic rings. The van der Waals surface area contributed by atoms with E-state index in [4.69, 9.17) is 4.74 Å². The molecule has 5 nitrogen and oxygen atoms in total. The summed E-state index contributed by atoms with van der Waals surface area (Å²) >= 11 is 2.30. The van der Waals surface area contributed by atoms with Crippen LogP contribution in [0.15, 0.2) is 0 Å². The highest BCUT2D eigenvalue weighted by Crippen LogP contribution is 2.24. The van der Waals surface area contributed by atoms with Crippen LogP contribution in [0.1, 0.15) is 31.0 Å². The predicted molar refractivity (Wildman–Crippen MR) is 84.5 cm³/mol. The van der Waals surface area contributed by atoms with Crippen LogP contribution in [0.3, 0.4) is 0 Å². The van der Waals surface area contributed by atoms with Gasteiger partial charge in [0.05, 0.1) is 15.9 Å². The van der Waals surface area contributed by atoms with E-state index in [1.54, 1.807) is 0 Å². The number of nitrogens with one attached hydrogen (secondary N) is 1. The topological polar surface area (TPSA) is 50.3 Å². The van der Waals surface area contributed by atoms with Gasteiger partial charge in [0.2, 0.25) is 0 Å². The third kappa shape index (κ3) is 3.76. The third-order valence-corrected chi connectivity index (χ3v) is 4.43. The van der Waals surface area contributed by atoms with Gasteiger partial charge in [0.15, 0.2) is 5.82 Å². The summed E-state index contributed by atoms with van der Waals surface area (Å²) in [5.74, 6) is 1.73. The number of likely N-dealkylation sites (N-methyl/N-ethyl adjacent to an activating group) is 1. The van der Waals surface area contributed by atoms with Crippen LogP contribution in [0, 0.1) is 10.5 Å². The highest BCUT2D eigenvalue weighted by atomic mass is 127. The van der Waals surface area contributed by atoms with Gasteiger partial charge in [0.25, 0.3) is 0 Å². The van der Waals surface area contributed by atoms with Gasteiger partial charge < -0.3 is 15.0 Å². The largest absolute Gasteiger partial charge is 0.369 e. The second kappa shape index (κ2) is 6.81. The lowest BCUT2D eigenvalue weighted by Crippen LogP contribution is -2.36. The molecule has 1 unspecified atom stereocenters. The van der Waals surface area contributed by atoms with E-state index in [9.17, 15) is 0 Å². The molecule has 1 fully saturated rings. The van der Waals surface area contributed by atoms with E-state index < -0.39 is 0 Å². The quantitative estimate of drug-likeness (QED) is 0.817. The molecule has 1 aliphatic heterocycles. The van der Waals surface area contributed by atoms with E-state index in [-0.39, 0.29) is 6.10 Å². The molecule has 1 aromatic heterocycles. The molecule has 1 saturated heterocycles. The van der Waals surface area contributed by atoms with Gasteiger partial charge in [-0.05, 0) is 43.0 Å². The minimum absolute atomic E-state index is 0.0170. The number of anilines is 1. The fourth-order valence-electron chi connectivity index (χ4n) is 2.02. The number of hydrogen-bond acceptors (Lipinski definition) is 5. The van der Waals surface area contributed by atoms with Crippen LogP contribution in [-0.2, 0) is 4.74 Å². The van der Waals surface area contributed by atoms with Crippen molar-refractivity contribution < 1.29 is 4.74 Å². The fraction of sp³-hybridized carbons (Fsp3) is 0.692. The Kier molecular flexibility index (Phi) is 5.35. The zero-order chi connectivity index (χ0) is 13.8. The molecule has 106 valence electrons. The smallest absolute Gasteiger partial charge is 0.161 e. The lowest BCUT2D eigenvalue weighted by atomic mass is 10.2. The van der Waals surface area contributed by atoms with Crippen molar-refractivity contribution in [1.29, 1.82) is 0 Å². The summed E-state index contributed by atoms with van der Waals surface area (Å²) in [5.41, 5.74) is 1.01. The molecule has 0 spiro atoms. The average molecular weight is 376 g/mol. The Bertz CT molecular complexity index is 441. The zero-order valence-corrected chi connectivity index (χ0v) is 13.9. The van der Waals surface area contributed by atoms with Crippen molar-refractivity contribution in [3.8, 4) is 0 Å². The first-order chi connectivity index (χ1) is 9.11. The van der Waals surface area contributed by atoms with Crippen LogP contribution in [0.2, 0.25) is 0 Å². The van der Waals surface area contributed by atoms with E-state index >= 15 is 0 Å². The molecule has 1 atom stereocenters. The summed E-state index contributed by atoms with van der Waals surface area (Å²) in [6.07, 6.45) is 1.06. The SMILES string of the molecule is CCCNc1nc(C2CN(C)CCO2)nc(C)c1I. The molecule has 1 aromatic rings. The van der Waals surface area contributed by atoms with E-state index in [2.05, 4.69) is 56.7 Å². The first-order valence-electron chi connectivity index (χ1n) is 6.70. The first-order valence-corrected chi connectivity index (χ1v) is 7.77. The lowest BCUT2D eigenvalue weighted by molar-refractivity contribution is -0.0255. The van der Waals surface area contributed by atoms with E-state index in [1.165, 1.54) is 0 Å². The maximum atomic E-state index is 5.79. The second-order valence-electron chi connectivity index (χ2n) is 4.88. The number of morpholine rings is 1. The summed E-state index contributed by atoms with van der Waals surface area (Å²) in [4.78, 5) is 11.5. The fourth-order valence-corrected chi connectivity index (χ4v) is 2.45. The van der Waals surface area contributed by atoms with Gasteiger partial charge in [0.1, 0.15) is 11.9 Å². The van der Waals surface area contributed by atoms with Gasteiger partial charge in [-0.2, -0.15) is 0 Å². The van der Waals surface area contributed by atoms with Gasteiger partial charge in [-0.25, -0.2) is 9.97 Å². The molecular formula is C13H21IN4O. The molecule has 0 saturated carbocycles. The Morgan fingerprint density at radius 2 is 2.26 bits per heavy atom. The van der Waals surface area contributed by atoms with Crippen molar-refractivity contribution in [2.45, 2.75) is 26.4 Å². The Hall–Kier alpha value is -0.470. The Labute approximate surface area is 128 Å². The van der Waals surface area contributed by atoms with Gasteiger partial charge in [-0.1, -0.05) is 6.92 Å². The van der Waals surface area contributed by atoms with Crippen LogP contribution >= 0.6 is 22.6 Å². The van der Waals surface area contributed by atoms with Gasteiger partial charge in [0, 0.05) is 19.6 Å². The molecule has 0 bridgehead atoms. The van der Waals surface area contributed by atoms with Crippen molar-refractivity contribution in [2.75, 3.05) is 38.6 Å². The molecule has 19 heavy (non-hydrogen) atoms. The lowest BCUT2D eigenvalue weighted by Gasteiger charge is -2.29. The molecule has 0 radical (unpaired) electrons. The molecule has 0 aliphatic carbocycles. The molecule has 2 rings (SSSR count). The molecule has 6 heteroatoms. The number of aryl methyl sites for hydroxylation is 1. The minimum atomic E-state index is -0.0170. The van der Waals surface area contributed by atoms with Crippen LogP contribution in [-0.4, -0.2) is 48.2 Å². The van der Waals surface area contributed by atoms with Crippen molar-refractivity contribution in [1.82, 2.24) is 14.9 Å². The van der Waals surface area contributed by atoms with Crippen molar-refractivity contribution in [2.24, 2.45) is 0 Å². The normalized spacial score (nSPS) is 20.5. The highest BCUT2D eigenvalue weighted by Gasteiger charge is 2.23. The number of ether oxygens (including phenoxy) is 1. The van der Waals surface area contributed by atoms with Crippen LogP contribution < -0.4 is 5.32 Å². The average Bonchev–Trinajstić information content (AvgIpc) is 2.40. The molecule has 1 N–H and O–H groups in total. The Morgan fingerprint density at radius 1 is 1.47 bits per heavy atom. The van der Waals surface area contributed by atoms with E-state index in [1.807, 2.05) is 6.92 Å². The van der Waals surface area contributed by atoms with Crippen LogP contribution in [0.4, 0.5) is 5.82 Å². The zero-order valence-electron chi connectivity index (χ0n) is 11.7. The molecule has 0 amide bonds. The standard InChI is InChI=1S/C13H21IN4O/c1-4-5-15-13-11(14)9(2)16-12(17-13)10-8-18(3)6-7-19-10/h10H,4-8H2,1-3H3,(H,15,16,17). The minimum Gasteiger partial charge on any atom is -0.369 e. The summed E-state index contributed by atoms with van der Waals surface area (Å²) in [6.45, 7) is 7.67. The summed E-state index contributed by atoms with van der Waals surface area (Å²) in [5, 5.41) is 3.37. The molecule has 2 heterocycles. The van der Waals surface area contributed by atoms with E-state index in [0.717, 1.165) is 53.6 Å². The van der Waals surface area contributed by atoms with E-state index in [0.29, 0.717) is 0 Å². The van der Waals surface area contributed by atoms with Gasteiger partial charge >= 0.3 is 0 Å². The molecular weight excluding hydrogens is 355 g/mol. The second-order valence-corrected chi connectivity index (χ2v) is 5.96. The van der Waals surface area contributed by atoms with Crippen LogP contribution in [0.5, 0.6) is 0 Å².